The molecule has 6 N–H and O–H groups in total. The van der Waals surface area contributed by atoms with Crippen LogP contribution in [-0.4, -0.2) is 88.0 Å². The van der Waals surface area contributed by atoms with Crippen LogP contribution in [0.2, 0.25) is 0 Å². The molecule has 206 valence electrons. The molecular formula is C23H32N2O12. The highest BCUT2D eigenvalue weighted by Gasteiger charge is 2.19. The van der Waals surface area contributed by atoms with Gasteiger partial charge in [-0.05, 0) is 33.3 Å². The minimum absolute atomic E-state index is 0.0387. The number of rotatable bonds is 18. The van der Waals surface area contributed by atoms with Gasteiger partial charge in [0.2, 0.25) is 11.8 Å². The van der Waals surface area contributed by atoms with Crippen LogP contribution in [0.15, 0.2) is 35.1 Å². The molecule has 0 heterocycles. The van der Waals surface area contributed by atoms with Crippen molar-refractivity contribution in [2.24, 2.45) is 0 Å². The highest BCUT2D eigenvalue weighted by molar-refractivity contribution is 6.01. The van der Waals surface area contributed by atoms with E-state index in [2.05, 4.69) is 10.6 Å². The SMILES string of the molecule is C/C(=C/COC(C)(C)CCNC(=O)/C=C(/CC(=O)O)C(=O)O)OCCNC(=O)/C=C(/CC(=O)O)C(=O)O. The molecular weight excluding hydrogens is 496 g/mol. The first-order valence-electron chi connectivity index (χ1n) is 10.9. The van der Waals surface area contributed by atoms with Crippen molar-refractivity contribution in [3.8, 4) is 0 Å². The first-order valence-corrected chi connectivity index (χ1v) is 10.9. The van der Waals surface area contributed by atoms with Crippen LogP contribution in [0.25, 0.3) is 0 Å². The molecule has 14 heteroatoms. The van der Waals surface area contributed by atoms with Crippen LogP contribution in [0.3, 0.4) is 0 Å². The number of carbonyl (C=O) groups is 6. The van der Waals surface area contributed by atoms with Gasteiger partial charge < -0.3 is 40.5 Å². The number of nitrogens with one attached hydrogen (secondary N) is 2. The topological polar surface area (TPSA) is 226 Å². The highest BCUT2D eigenvalue weighted by Crippen LogP contribution is 2.14. The monoisotopic (exact) mass is 528 g/mol. The largest absolute Gasteiger partial charge is 0.497 e. The summed E-state index contributed by atoms with van der Waals surface area (Å²) in [4.78, 5) is 66.7. The molecule has 0 aromatic heterocycles. The van der Waals surface area contributed by atoms with E-state index in [9.17, 15) is 28.8 Å². The summed E-state index contributed by atoms with van der Waals surface area (Å²) >= 11 is 0. The zero-order chi connectivity index (χ0) is 28.6. The van der Waals surface area contributed by atoms with Gasteiger partial charge in [-0.25, -0.2) is 9.59 Å². The average Bonchev–Trinajstić information content (AvgIpc) is 2.74. The van der Waals surface area contributed by atoms with E-state index in [0.717, 1.165) is 6.08 Å². The molecule has 0 bridgehead atoms. The molecule has 0 fully saturated rings. The van der Waals surface area contributed by atoms with E-state index >= 15 is 0 Å². The first-order chi connectivity index (χ1) is 17.1. The molecule has 0 unspecified atom stereocenters. The fourth-order valence-corrected chi connectivity index (χ4v) is 2.51. The molecule has 0 spiro atoms. The molecule has 0 atom stereocenters. The molecule has 0 saturated carbocycles. The Kier molecular flexibility index (Phi) is 14.6. The maximum absolute atomic E-state index is 11.8. The summed E-state index contributed by atoms with van der Waals surface area (Å²) < 4.78 is 11.1. The Balaban J connectivity index is 4.42. The van der Waals surface area contributed by atoms with Gasteiger partial charge in [0.25, 0.3) is 0 Å². The Hall–Kier alpha value is -4.20. The van der Waals surface area contributed by atoms with Gasteiger partial charge in [0.05, 0.1) is 48.5 Å². The minimum atomic E-state index is -1.50. The number of amides is 2. The van der Waals surface area contributed by atoms with E-state index < -0.39 is 65.3 Å². The van der Waals surface area contributed by atoms with Gasteiger partial charge in [0.15, 0.2) is 0 Å². The summed E-state index contributed by atoms with van der Waals surface area (Å²) in [5.41, 5.74) is -1.77. The number of carboxylic acid groups (broad SMARTS) is 4. The second-order valence-electron chi connectivity index (χ2n) is 8.16. The zero-order valence-corrected chi connectivity index (χ0v) is 20.7. The molecule has 0 aliphatic rings. The lowest BCUT2D eigenvalue weighted by molar-refractivity contribution is -0.139. The van der Waals surface area contributed by atoms with Gasteiger partial charge in [-0.3, -0.25) is 19.2 Å². The van der Waals surface area contributed by atoms with Gasteiger partial charge in [0, 0.05) is 18.7 Å². The summed E-state index contributed by atoms with van der Waals surface area (Å²) in [5.74, 6) is -6.76. The molecule has 2 amide bonds. The van der Waals surface area contributed by atoms with Gasteiger partial charge in [-0.1, -0.05) is 0 Å². The first kappa shape index (κ1) is 32.8. The average molecular weight is 529 g/mol. The highest BCUT2D eigenvalue weighted by atomic mass is 16.5. The Morgan fingerprint density at radius 1 is 0.784 bits per heavy atom. The Labute approximate surface area is 212 Å². The summed E-state index contributed by atoms with van der Waals surface area (Å²) in [6.07, 6.45) is 1.85. The lowest BCUT2D eigenvalue weighted by Crippen LogP contribution is -2.32. The van der Waals surface area contributed by atoms with E-state index in [-0.39, 0.29) is 26.3 Å². The Bertz CT molecular complexity index is 963. The second-order valence-corrected chi connectivity index (χ2v) is 8.16. The summed E-state index contributed by atoms with van der Waals surface area (Å²) in [7, 11) is 0. The van der Waals surface area contributed by atoms with E-state index in [0.29, 0.717) is 18.3 Å². The third-order valence-electron chi connectivity index (χ3n) is 4.45. The lowest BCUT2D eigenvalue weighted by atomic mass is 10.1. The van der Waals surface area contributed by atoms with E-state index in [4.69, 9.17) is 29.9 Å². The quantitative estimate of drug-likeness (QED) is 0.0802. The van der Waals surface area contributed by atoms with Gasteiger partial charge in [-0.15, -0.1) is 0 Å². The van der Waals surface area contributed by atoms with Crippen LogP contribution in [-0.2, 0) is 38.2 Å². The van der Waals surface area contributed by atoms with Crippen LogP contribution in [0.4, 0.5) is 0 Å². The van der Waals surface area contributed by atoms with Crippen LogP contribution in [0, 0.1) is 0 Å². The van der Waals surface area contributed by atoms with Crippen molar-refractivity contribution in [1.82, 2.24) is 10.6 Å². The number of allylic oxidation sites excluding steroid dienone is 1. The van der Waals surface area contributed by atoms with Crippen molar-refractivity contribution in [1.29, 1.82) is 0 Å². The molecule has 37 heavy (non-hydrogen) atoms. The summed E-state index contributed by atoms with van der Waals surface area (Å²) in [6.45, 7) is 5.59. The maximum Gasteiger partial charge on any atom is 0.332 e. The van der Waals surface area contributed by atoms with Crippen molar-refractivity contribution >= 4 is 35.7 Å². The van der Waals surface area contributed by atoms with Crippen molar-refractivity contribution < 1.29 is 58.7 Å². The molecule has 0 aromatic rings. The molecule has 0 rings (SSSR count). The molecule has 0 aliphatic heterocycles. The molecule has 0 aliphatic carbocycles. The van der Waals surface area contributed by atoms with Gasteiger partial charge >= 0.3 is 23.9 Å². The van der Waals surface area contributed by atoms with E-state index in [1.165, 1.54) is 0 Å². The van der Waals surface area contributed by atoms with Crippen molar-refractivity contribution in [3.05, 3.63) is 35.1 Å². The second kappa shape index (κ2) is 16.5. The maximum atomic E-state index is 11.8. The smallest absolute Gasteiger partial charge is 0.332 e. The number of carbonyl (C=O) groups excluding carboxylic acids is 2. The zero-order valence-electron chi connectivity index (χ0n) is 20.7. The van der Waals surface area contributed by atoms with Crippen LogP contribution in [0.1, 0.15) is 40.0 Å². The van der Waals surface area contributed by atoms with Crippen LogP contribution in [0.5, 0.6) is 0 Å². The fraction of sp³-hybridized carbons (Fsp3) is 0.478. The van der Waals surface area contributed by atoms with Crippen LogP contribution >= 0.6 is 0 Å². The number of ether oxygens (including phenoxy) is 2. The number of hydrogen-bond acceptors (Lipinski definition) is 8. The fourth-order valence-electron chi connectivity index (χ4n) is 2.51. The number of hydrogen-bond donors (Lipinski definition) is 6. The molecule has 0 aromatic carbocycles. The standard InChI is InChI=1S/C23H32N2O12/c1-14(36-9-7-25-18(27)11-16(22(34)35)13-20(30)31)4-8-37-23(2,3)5-6-24-17(26)10-15(21(32)33)12-19(28)29/h4,10-11H,5-9,12-13H2,1-3H3,(H,24,26)(H,25,27)(H,28,29)(H,30,31)(H,32,33)(H,34,35)/b14-4-,15-10-,16-11-. The number of aliphatic carboxylic acids is 4. The van der Waals surface area contributed by atoms with Crippen molar-refractivity contribution in [2.75, 3.05) is 26.3 Å². The Morgan fingerprint density at radius 2 is 1.24 bits per heavy atom. The van der Waals surface area contributed by atoms with Gasteiger partial charge in [-0.2, -0.15) is 0 Å². The van der Waals surface area contributed by atoms with Crippen molar-refractivity contribution in [3.63, 3.8) is 0 Å². The van der Waals surface area contributed by atoms with Crippen LogP contribution < -0.4 is 10.6 Å². The molecule has 14 nitrogen and oxygen atoms in total. The lowest BCUT2D eigenvalue weighted by Gasteiger charge is -2.24. The predicted octanol–water partition coefficient (Wildman–Crippen LogP) is 0.296. The minimum Gasteiger partial charge on any atom is -0.497 e. The summed E-state index contributed by atoms with van der Waals surface area (Å²) in [6, 6.07) is 0. The van der Waals surface area contributed by atoms with Gasteiger partial charge in [0.1, 0.15) is 6.61 Å². The van der Waals surface area contributed by atoms with E-state index in [1.807, 2.05) is 0 Å². The Morgan fingerprint density at radius 3 is 1.68 bits per heavy atom. The molecule has 0 saturated heterocycles. The van der Waals surface area contributed by atoms with Crippen molar-refractivity contribution in [2.45, 2.75) is 45.6 Å². The third-order valence-corrected chi connectivity index (χ3v) is 4.45. The normalized spacial score (nSPS) is 12.5. The van der Waals surface area contributed by atoms with E-state index in [1.54, 1.807) is 26.8 Å². The predicted molar refractivity (Wildman–Crippen MR) is 126 cm³/mol. The number of carboxylic acids is 4. The third kappa shape index (κ3) is 17.0. The summed E-state index contributed by atoms with van der Waals surface area (Å²) in [5, 5.41) is 40.0. The molecule has 0 radical (unpaired) electrons.